The van der Waals surface area contributed by atoms with Gasteiger partial charge < -0.3 is 5.11 Å². The van der Waals surface area contributed by atoms with Crippen molar-refractivity contribution in [3.05, 3.63) is 23.3 Å². The second-order valence-corrected chi connectivity index (χ2v) is 2.56. The van der Waals surface area contributed by atoms with Gasteiger partial charge in [0.2, 0.25) is 0 Å². The summed E-state index contributed by atoms with van der Waals surface area (Å²) in [7, 11) is 0. The molecule has 0 aromatic rings. The smallest absolute Gasteiger partial charge is 0.331 e. The number of carbonyl (C=O) groups excluding carboxylic acids is 1. The Morgan fingerprint density at radius 1 is 1.00 bits per heavy atom. The molecule has 1 N–H and O–H groups in total. The zero-order valence-electron chi connectivity index (χ0n) is 7.42. The summed E-state index contributed by atoms with van der Waals surface area (Å²) in [6, 6.07) is 0. The number of ketones is 1. The molecule has 0 saturated carbocycles. The fourth-order valence-electron chi connectivity index (χ4n) is 0.439. The van der Waals surface area contributed by atoms with E-state index >= 15 is 0 Å². The molecule has 3 nitrogen and oxygen atoms in total. The molecule has 0 spiro atoms. The minimum Gasteiger partial charge on any atom is -0.478 e. The maximum atomic E-state index is 10.7. The lowest BCUT2D eigenvalue weighted by molar-refractivity contribution is -0.132. The highest BCUT2D eigenvalue weighted by atomic mass is 16.4. The molecule has 0 amide bonds. The van der Waals surface area contributed by atoms with Gasteiger partial charge in [-0.1, -0.05) is 12.2 Å². The fourth-order valence-corrected chi connectivity index (χ4v) is 0.439. The van der Waals surface area contributed by atoms with E-state index in [-0.39, 0.29) is 11.4 Å². The fraction of sp³-hybridized carbons (Fsp3) is 0.333. The lowest BCUT2D eigenvalue weighted by atomic mass is 10.2. The molecule has 0 aromatic carbocycles. The third-order valence-corrected chi connectivity index (χ3v) is 1.48. The van der Waals surface area contributed by atoms with Crippen molar-refractivity contribution in [2.75, 3.05) is 0 Å². The quantitative estimate of drug-likeness (QED) is 0.513. The number of aliphatic carboxylic acids is 1. The first-order valence-electron chi connectivity index (χ1n) is 3.54. The lowest BCUT2D eigenvalue weighted by Gasteiger charge is -1.91. The largest absolute Gasteiger partial charge is 0.478 e. The van der Waals surface area contributed by atoms with Crippen LogP contribution in [0.1, 0.15) is 20.8 Å². The van der Waals surface area contributed by atoms with Gasteiger partial charge in [0.1, 0.15) is 0 Å². The number of rotatable bonds is 3. The summed E-state index contributed by atoms with van der Waals surface area (Å²) in [6.07, 6.45) is 2.92. The van der Waals surface area contributed by atoms with Crippen LogP contribution in [0.4, 0.5) is 0 Å². The maximum absolute atomic E-state index is 10.7. The summed E-state index contributed by atoms with van der Waals surface area (Å²) >= 11 is 0. The number of allylic oxidation sites excluding steroid dienone is 3. The van der Waals surface area contributed by atoms with Crippen molar-refractivity contribution in [2.24, 2.45) is 0 Å². The zero-order chi connectivity index (χ0) is 9.72. The van der Waals surface area contributed by atoms with Crippen LogP contribution in [0.3, 0.4) is 0 Å². The molecule has 0 saturated heterocycles. The summed E-state index contributed by atoms with van der Waals surface area (Å²) in [5.74, 6) is -1.02. The van der Waals surface area contributed by atoms with Crippen LogP contribution in [0.5, 0.6) is 0 Å². The Bertz CT molecular complexity index is 231. The third kappa shape index (κ3) is 3.71. The van der Waals surface area contributed by atoms with E-state index in [1.54, 1.807) is 6.92 Å². The summed E-state index contributed by atoms with van der Waals surface area (Å²) in [5, 5.41) is 8.45. The Labute approximate surface area is 71.4 Å². The van der Waals surface area contributed by atoms with E-state index in [0.717, 1.165) is 0 Å². The van der Waals surface area contributed by atoms with Gasteiger partial charge >= 0.3 is 5.97 Å². The van der Waals surface area contributed by atoms with Crippen LogP contribution in [-0.2, 0) is 9.59 Å². The maximum Gasteiger partial charge on any atom is 0.331 e. The Morgan fingerprint density at radius 2 is 1.42 bits per heavy atom. The summed E-state index contributed by atoms with van der Waals surface area (Å²) < 4.78 is 0. The first-order chi connectivity index (χ1) is 5.45. The number of Topliss-reactive ketones (excluding diaryl/α,β-unsaturated/α-hetero) is 1. The van der Waals surface area contributed by atoms with Crippen molar-refractivity contribution in [3.8, 4) is 0 Å². The van der Waals surface area contributed by atoms with Crippen LogP contribution in [-0.4, -0.2) is 16.9 Å². The Hall–Kier alpha value is -1.38. The normalized spacial score (nSPS) is 12.9. The lowest BCUT2D eigenvalue weighted by Crippen LogP contribution is -1.96. The topological polar surface area (TPSA) is 54.4 Å². The molecule has 0 fully saturated rings. The molecule has 0 heterocycles. The second-order valence-electron chi connectivity index (χ2n) is 2.56. The summed E-state index contributed by atoms with van der Waals surface area (Å²) in [4.78, 5) is 21.0. The van der Waals surface area contributed by atoms with E-state index < -0.39 is 5.97 Å². The zero-order valence-corrected chi connectivity index (χ0v) is 7.42. The number of carboxylic acid groups (broad SMARTS) is 1. The minimum absolute atomic E-state index is 0.0514. The average Bonchev–Trinajstić information content (AvgIpc) is 1.98. The molecule has 0 aromatic heterocycles. The molecule has 0 aliphatic carbocycles. The van der Waals surface area contributed by atoms with Gasteiger partial charge in [-0.3, -0.25) is 4.79 Å². The molecule has 66 valence electrons. The molecular formula is C9H12O3. The van der Waals surface area contributed by atoms with Gasteiger partial charge in [-0.15, -0.1) is 0 Å². The molecule has 0 aliphatic rings. The molecule has 0 radical (unpaired) electrons. The third-order valence-electron chi connectivity index (χ3n) is 1.48. The van der Waals surface area contributed by atoms with Gasteiger partial charge in [0.05, 0.1) is 0 Å². The number of carbonyl (C=O) groups is 2. The van der Waals surface area contributed by atoms with E-state index in [1.165, 1.54) is 26.0 Å². The summed E-state index contributed by atoms with van der Waals surface area (Å²) in [6.45, 7) is 4.57. The summed E-state index contributed by atoms with van der Waals surface area (Å²) in [5.41, 5.74) is 0.770. The van der Waals surface area contributed by atoms with E-state index in [0.29, 0.717) is 5.57 Å². The molecule has 0 rings (SSSR count). The van der Waals surface area contributed by atoms with Crippen molar-refractivity contribution in [3.63, 3.8) is 0 Å². The predicted molar refractivity (Wildman–Crippen MR) is 45.8 cm³/mol. The van der Waals surface area contributed by atoms with Gasteiger partial charge in [0.15, 0.2) is 5.78 Å². The highest BCUT2D eigenvalue weighted by Crippen LogP contribution is 1.98. The highest BCUT2D eigenvalue weighted by Gasteiger charge is 1.98. The van der Waals surface area contributed by atoms with E-state index in [9.17, 15) is 9.59 Å². The van der Waals surface area contributed by atoms with Crippen molar-refractivity contribution in [2.45, 2.75) is 20.8 Å². The second kappa shape index (κ2) is 4.49. The standard InChI is InChI=1S/C9H12O3/c1-6(8(3)10)4-5-7(2)9(11)12/h4-5H,1-3H3,(H,11,12)/b6-4-,7-5-. The van der Waals surface area contributed by atoms with Crippen molar-refractivity contribution < 1.29 is 14.7 Å². The Balaban J connectivity index is 4.48. The van der Waals surface area contributed by atoms with Crippen molar-refractivity contribution in [1.29, 1.82) is 0 Å². The van der Waals surface area contributed by atoms with Crippen LogP contribution in [0.15, 0.2) is 23.3 Å². The van der Waals surface area contributed by atoms with E-state index in [4.69, 9.17) is 5.11 Å². The Morgan fingerprint density at radius 3 is 1.75 bits per heavy atom. The molecule has 0 bridgehead atoms. The van der Waals surface area contributed by atoms with Crippen LogP contribution >= 0.6 is 0 Å². The Kier molecular flexibility index (Phi) is 3.97. The number of hydrogen-bond acceptors (Lipinski definition) is 2. The molecule has 0 aliphatic heterocycles. The van der Waals surface area contributed by atoms with Crippen LogP contribution in [0, 0.1) is 0 Å². The molecular weight excluding hydrogens is 156 g/mol. The molecule has 0 unspecified atom stereocenters. The first kappa shape index (κ1) is 10.6. The van der Waals surface area contributed by atoms with Crippen molar-refractivity contribution in [1.82, 2.24) is 0 Å². The van der Waals surface area contributed by atoms with Gasteiger partial charge in [0, 0.05) is 5.57 Å². The number of carboxylic acids is 1. The van der Waals surface area contributed by atoms with Gasteiger partial charge in [0.25, 0.3) is 0 Å². The SMILES string of the molecule is CC(=O)/C(C)=C\C=C(\C)C(=O)O. The van der Waals surface area contributed by atoms with Gasteiger partial charge in [-0.25, -0.2) is 4.79 Å². The van der Waals surface area contributed by atoms with E-state index in [1.807, 2.05) is 0 Å². The molecule has 12 heavy (non-hydrogen) atoms. The minimum atomic E-state index is -0.970. The number of hydrogen-bond donors (Lipinski definition) is 1. The van der Waals surface area contributed by atoms with Gasteiger partial charge in [-0.2, -0.15) is 0 Å². The molecule has 0 atom stereocenters. The van der Waals surface area contributed by atoms with Crippen LogP contribution < -0.4 is 0 Å². The average molecular weight is 168 g/mol. The molecule has 3 heteroatoms. The predicted octanol–water partition coefficient (Wildman–Crippen LogP) is 1.55. The van der Waals surface area contributed by atoms with Crippen LogP contribution in [0.2, 0.25) is 0 Å². The highest BCUT2D eigenvalue weighted by molar-refractivity contribution is 5.93. The first-order valence-corrected chi connectivity index (χ1v) is 3.54. The van der Waals surface area contributed by atoms with Crippen molar-refractivity contribution >= 4 is 11.8 Å². The van der Waals surface area contributed by atoms with Gasteiger partial charge in [-0.05, 0) is 26.3 Å². The monoisotopic (exact) mass is 168 g/mol. The van der Waals surface area contributed by atoms with E-state index in [2.05, 4.69) is 0 Å². The van der Waals surface area contributed by atoms with Crippen LogP contribution in [0.25, 0.3) is 0 Å².